The number of likely N-dealkylation sites (N-methyl/N-ethyl adjacent to an activating group) is 1. The minimum atomic E-state index is -4.73. The average Bonchev–Trinajstić information content (AvgIpc) is 3.37. The zero-order chi connectivity index (χ0) is 55.0. The first-order valence-electron chi connectivity index (χ1n) is 29.8. The highest BCUT2D eigenvalue weighted by Gasteiger charge is 2.27. The zero-order valence-corrected chi connectivity index (χ0v) is 49.6. The van der Waals surface area contributed by atoms with Gasteiger partial charge in [0.25, 0.3) is 7.82 Å². The molecule has 10 heteroatoms. The van der Waals surface area contributed by atoms with E-state index in [0.717, 1.165) is 103 Å². The van der Waals surface area contributed by atoms with E-state index in [1.807, 2.05) is 39.4 Å². The summed E-state index contributed by atoms with van der Waals surface area (Å²) in [7, 11) is 1.11. The molecule has 0 saturated heterocycles. The molecule has 428 valence electrons. The van der Waals surface area contributed by atoms with E-state index in [0.29, 0.717) is 23.9 Å². The predicted molar refractivity (Wildman–Crippen MR) is 320 cm³/mol. The fraction of sp³-hybridized carbons (Fsp3) is 0.662. The lowest BCUT2D eigenvalue weighted by Crippen LogP contribution is -2.47. The largest absolute Gasteiger partial charge is 0.756 e. The summed E-state index contributed by atoms with van der Waals surface area (Å²) in [5, 5.41) is 2.96. The third-order valence-corrected chi connectivity index (χ3v) is 13.4. The van der Waals surface area contributed by atoms with Crippen LogP contribution in [0.25, 0.3) is 0 Å². The number of amides is 1. The van der Waals surface area contributed by atoms with Crippen LogP contribution in [0.5, 0.6) is 0 Å². The molecule has 0 aromatic heterocycles. The standard InChI is InChI=1S/C65H111N2O7P/c1-7-10-13-16-19-22-25-28-30-32-33-34-35-36-38-40-43-46-49-52-55-58-65(69)74-63(56-53-50-47-44-41-27-24-21-18-15-12-9-3)62(61-73-75(70,71)72-60-59-67(4,5)6)66-64(68)57-54-51-48-45-42-39-37-31-29-26-23-20-17-14-11-8-2/h11,14,19-20,22-23,28-31,33-34,36,38-39,42,48,51,53,56,62-63H,7-10,12-13,15-18,21,24-27,32,35,37,40-41,43-47,49-50,52,54-55,57-61H2,1-6H3,(H-,66,68,70,71)/b14-11+,22-19-,23-20+,30-28-,31-29+,34-33-,38-36-,42-39+,51-48+,56-53+. The van der Waals surface area contributed by atoms with Gasteiger partial charge in [-0.25, -0.2) is 0 Å². The molecule has 0 aliphatic heterocycles. The Morgan fingerprint density at radius 1 is 0.480 bits per heavy atom. The van der Waals surface area contributed by atoms with Crippen LogP contribution >= 0.6 is 7.82 Å². The van der Waals surface area contributed by atoms with Gasteiger partial charge in [-0.15, -0.1) is 0 Å². The maximum absolute atomic E-state index is 13.5. The normalized spacial score (nSPS) is 14.6. The van der Waals surface area contributed by atoms with Crippen molar-refractivity contribution >= 4 is 19.7 Å². The number of carbonyl (C=O) groups excluding carboxylic acids is 2. The van der Waals surface area contributed by atoms with E-state index >= 15 is 0 Å². The number of esters is 1. The van der Waals surface area contributed by atoms with Crippen molar-refractivity contribution in [1.82, 2.24) is 5.32 Å². The second-order valence-electron chi connectivity index (χ2n) is 20.8. The third kappa shape index (κ3) is 55.0. The van der Waals surface area contributed by atoms with Crippen molar-refractivity contribution in [2.75, 3.05) is 40.9 Å². The average molecular weight is 1060 g/mol. The number of rotatable bonds is 52. The number of phosphoric acid groups is 1. The van der Waals surface area contributed by atoms with Gasteiger partial charge < -0.3 is 28.5 Å². The summed E-state index contributed by atoms with van der Waals surface area (Å²) < 4.78 is 30.2. The molecule has 0 aromatic rings. The van der Waals surface area contributed by atoms with Crippen LogP contribution in [0.2, 0.25) is 0 Å². The summed E-state index contributed by atoms with van der Waals surface area (Å²) in [4.78, 5) is 39.9. The number of unbranched alkanes of at least 4 members (excludes halogenated alkanes) is 18. The van der Waals surface area contributed by atoms with Crippen molar-refractivity contribution in [3.05, 3.63) is 122 Å². The van der Waals surface area contributed by atoms with E-state index in [-0.39, 0.29) is 31.3 Å². The molecule has 0 saturated carbocycles. The van der Waals surface area contributed by atoms with Crippen molar-refractivity contribution in [1.29, 1.82) is 0 Å². The van der Waals surface area contributed by atoms with Gasteiger partial charge in [0.2, 0.25) is 5.91 Å². The summed E-state index contributed by atoms with van der Waals surface area (Å²) in [5.41, 5.74) is 0. The molecule has 0 aliphatic rings. The van der Waals surface area contributed by atoms with Crippen LogP contribution in [0.4, 0.5) is 0 Å². The van der Waals surface area contributed by atoms with Gasteiger partial charge in [0.1, 0.15) is 19.3 Å². The Hall–Kier alpha value is -3.59. The Balaban J connectivity index is 5.44. The van der Waals surface area contributed by atoms with Gasteiger partial charge >= 0.3 is 5.97 Å². The van der Waals surface area contributed by atoms with Crippen molar-refractivity contribution in [2.45, 2.75) is 238 Å². The minimum absolute atomic E-state index is 0.0454. The quantitative estimate of drug-likeness (QED) is 0.0212. The molecule has 75 heavy (non-hydrogen) atoms. The Morgan fingerprint density at radius 2 is 0.867 bits per heavy atom. The van der Waals surface area contributed by atoms with E-state index in [1.165, 1.54) is 77.0 Å². The van der Waals surface area contributed by atoms with Crippen molar-refractivity contribution < 1.29 is 37.3 Å². The van der Waals surface area contributed by atoms with Crippen LogP contribution in [-0.4, -0.2) is 69.4 Å². The molecule has 0 bridgehead atoms. The fourth-order valence-electron chi connectivity index (χ4n) is 7.78. The first-order chi connectivity index (χ1) is 36.4. The summed E-state index contributed by atoms with van der Waals surface area (Å²) in [5.74, 6) is -0.668. The molecular weight excluding hydrogens is 952 g/mol. The molecule has 1 amide bonds. The SMILES string of the molecule is CC/C=C/C/C=C/C/C=C/C/C=C/C/C=C/CCC(=O)NC(COP(=O)([O-])OCC[N+](C)(C)C)C(/C=C/CCCCCCCCCCCC)OC(=O)CCCCCCC/C=C\C/C=C\C/C=C\C/C=C\CCCCC. The van der Waals surface area contributed by atoms with Gasteiger partial charge in [-0.3, -0.25) is 14.2 Å². The number of carbonyl (C=O) groups is 2. The first-order valence-corrected chi connectivity index (χ1v) is 31.3. The number of nitrogens with one attached hydrogen (secondary N) is 1. The number of hydrogen-bond donors (Lipinski definition) is 1. The lowest BCUT2D eigenvalue weighted by atomic mass is 10.1. The van der Waals surface area contributed by atoms with Gasteiger partial charge in [0.15, 0.2) is 0 Å². The number of hydrogen-bond acceptors (Lipinski definition) is 7. The second-order valence-corrected chi connectivity index (χ2v) is 22.2. The Morgan fingerprint density at radius 3 is 1.33 bits per heavy atom. The molecule has 0 radical (unpaired) electrons. The van der Waals surface area contributed by atoms with E-state index in [2.05, 4.69) is 123 Å². The molecule has 0 spiro atoms. The number of ether oxygens (including phenoxy) is 1. The molecule has 0 aliphatic carbocycles. The number of allylic oxidation sites excluding steroid dienone is 19. The topological polar surface area (TPSA) is 114 Å². The fourth-order valence-corrected chi connectivity index (χ4v) is 8.51. The van der Waals surface area contributed by atoms with Gasteiger partial charge in [0, 0.05) is 12.8 Å². The van der Waals surface area contributed by atoms with E-state index in [1.54, 1.807) is 6.08 Å². The van der Waals surface area contributed by atoms with Crippen LogP contribution in [0.3, 0.4) is 0 Å². The zero-order valence-electron chi connectivity index (χ0n) is 48.7. The second kappa shape index (κ2) is 53.8. The molecular formula is C65H111N2O7P. The van der Waals surface area contributed by atoms with Crippen LogP contribution < -0.4 is 10.2 Å². The van der Waals surface area contributed by atoms with Crippen LogP contribution in [0, 0.1) is 0 Å². The molecule has 9 nitrogen and oxygen atoms in total. The maximum Gasteiger partial charge on any atom is 0.306 e. The van der Waals surface area contributed by atoms with Crippen LogP contribution in [-0.2, 0) is 27.9 Å². The van der Waals surface area contributed by atoms with Gasteiger partial charge in [-0.05, 0) is 109 Å². The highest BCUT2D eigenvalue weighted by molar-refractivity contribution is 7.45. The summed E-state index contributed by atoms with van der Waals surface area (Å²) in [6, 6.07) is -0.944. The van der Waals surface area contributed by atoms with E-state index < -0.39 is 26.6 Å². The number of nitrogens with zero attached hydrogens (tertiary/aromatic N) is 1. The van der Waals surface area contributed by atoms with E-state index in [9.17, 15) is 19.0 Å². The number of quaternary nitrogens is 1. The van der Waals surface area contributed by atoms with E-state index in [4.69, 9.17) is 13.8 Å². The lowest BCUT2D eigenvalue weighted by molar-refractivity contribution is -0.870. The van der Waals surface area contributed by atoms with Crippen LogP contribution in [0.1, 0.15) is 226 Å². The lowest BCUT2D eigenvalue weighted by Gasteiger charge is -2.30. The van der Waals surface area contributed by atoms with Crippen molar-refractivity contribution in [2.24, 2.45) is 0 Å². The van der Waals surface area contributed by atoms with Crippen molar-refractivity contribution in [3.63, 3.8) is 0 Å². The number of phosphoric ester groups is 1. The van der Waals surface area contributed by atoms with Gasteiger partial charge in [-0.1, -0.05) is 226 Å². The molecule has 0 rings (SSSR count). The smallest absolute Gasteiger partial charge is 0.306 e. The molecule has 1 N–H and O–H groups in total. The summed E-state index contributed by atoms with van der Waals surface area (Å²) in [6.45, 7) is 6.60. The van der Waals surface area contributed by atoms with Crippen molar-refractivity contribution in [3.8, 4) is 0 Å². The molecule has 0 aromatic carbocycles. The van der Waals surface area contributed by atoms with Crippen LogP contribution in [0.15, 0.2) is 122 Å². The predicted octanol–water partition coefficient (Wildman–Crippen LogP) is 17.7. The maximum atomic E-state index is 13.5. The highest BCUT2D eigenvalue weighted by atomic mass is 31.2. The molecule has 3 unspecified atom stereocenters. The molecule has 0 heterocycles. The third-order valence-electron chi connectivity index (χ3n) is 12.4. The highest BCUT2D eigenvalue weighted by Crippen LogP contribution is 2.38. The Kier molecular flexibility index (Phi) is 51.2. The minimum Gasteiger partial charge on any atom is -0.756 e. The van der Waals surface area contributed by atoms with Gasteiger partial charge in [-0.2, -0.15) is 0 Å². The Bertz CT molecular complexity index is 1700. The molecule has 0 fully saturated rings. The summed E-state index contributed by atoms with van der Waals surface area (Å²) >= 11 is 0. The van der Waals surface area contributed by atoms with Gasteiger partial charge in [0.05, 0.1) is 33.8 Å². The Labute approximate surface area is 461 Å². The first kappa shape index (κ1) is 71.4. The molecule has 3 atom stereocenters. The monoisotopic (exact) mass is 1060 g/mol. The summed E-state index contributed by atoms with van der Waals surface area (Å²) in [6.07, 6.45) is 74.7.